The van der Waals surface area contributed by atoms with Crippen molar-refractivity contribution < 1.29 is 27.5 Å². The third-order valence-corrected chi connectivity index (χ3v) is 6.56. The number of sulfonamides is 1. The van der Waals surface area contributed by atoms with E-state index in [1.54, 1.807) is 25.1 Å². The van der Waals surface area contributed by atoms with Gasteiger partial charge in [-0.05, 0) is 62.2 Å². The third-order valence-electron chi connectivity index (χ3n) is 5.12. The molecule has 0 unspecified atom stereocenters. The Kier molecular flexibility index (Phi) is 5.94. The van der Waals surface area contributed by atoms with E-state index in [1.807, 2.05) is 0 Å². The van der Waals surface area contributed by atoms with Crippen LogP contribution in [0, 0.1) is 0 Å². The molecule has 1 saturated heterocycles. The predicted molar refractivity (Wildman–Crippen MR) is 114 cm³/mol. The normalized spacial score (nSPS) is 20.5. The lowest BCUT2D eigenvalue weighted by atomic mass is 10.2. The molecule has 31 heavy (non-hydrogen) atoms. The van der Waals surface area contributed by atoms with Gasteiger partial charge in [0.15, 0.2) is 6.10 Å². The van der Waals surface area contributed by atoms with Crippen LogP contribution in [-0.4, -0.2) is 45.6 Å². The van der Waals surface area contributed by atoms with Crippen molar-refractivity contribution in [1.29, 1.82) is 0 Å². The van der Waals surface area contributed by atoms with Gasteiger partial charge in [-0.3, -0.25) is 9.59 Å². The summed E-state index contributed by atoms with van der Waals surface area (Å²) in [6.45, 7) is 2.52. The summed E-state index contributed by atoms with van der Waals surface area (Å²) >= 11 is 0. The van der Waals surface area contributed by atoms with Gasteiger partial charge < -0.3 is 20.1 Å². The maximum atomic E-state index is 12.5. The minimum Gasteiger partial charge on any atom is -0.479 e. The third kappa shape index (κ3) is 4.87. The van der Waals surface area contributed by atoms with Crippen LogP contribution >= 0.6 is 0 Å². The van der Waals surface area contributed by atoms with Crippen LogP contribution in [0.2, 0.25) is 0 Å². The largest absolute Gasteiger partial charge is 0.479 e. The molecule has 0 spiro atoms. The molecular weight excluding hydrogens is 422 g/mol. The van der Waals surface area contributed by atoms with Gasteiger partial charge in [-0.15, -0.1) is 0 Å². The molecule has 0 bridgehead atoms. The molecule has 0 aliphatic carbocycles. The molecule has 10 heteroatoms. The summed E-state index contributed by atoms with van der Waals surface area (Å²) in [5.74, 6) is -0.149. The van der Waals surface area contributed by atoms with Gasteiger partial charge in [0.1, 0.15) is 5.75 Å². The number of benzene rings is 2. The first kappa shape index (κ1) is 21.3. The molecule has 9 nitrogen and oxygen atoms in total. The monoisotopic (exact) mass is 445 g/mol. The number of nitrogens with one attached hydrogen (secondary N) is 3. The fourth-order valence-corrected chi connectivity index (χ4v) is 4.43. The van der Waals surface area contributed by atoms with E-state index in [-0.39, 0.29) is 23.5 Å². The number of carbonyl (C=O) groups excluding carboxylic acids is 2. The molecule has 2 amide bonds. The molecule has 4 rings (SSSR count). The number of hydrogen-bond donors (Lipinski definition) is 3. The lowest BCUT2D eigenvalue weighted by Gasteiger charge is -2.23. The van der Waals surface area contributed by atoms with Crippen LogP contribution in [0.3, 0.4) is 0 Å². The topological polar surface area (TPSA) is 123 Å². The molecule has 2 aliphatic rings. The lowest BCUT2D eigenvalue weighted by molar-refractivity contribution is -0.122. The Morgan fingerprint density at radius 1 is 1.19 bits per heavy atom. The van der Waals surface area contributed by atoms with Crippen LogP contribution in [0.1, 0.15) is 30.1 Å². The van der Waals surface area contributed by atoms with E-state index >= 15 is 0 Å². The molecule has 164 valence electrons. The zero-order chi connectivity index (χ0) is 22.0. The first-order valence-electron chi connectivity index (χ1n) is 9.96. The van der Waals surface area contributed by atoms with Crippen molar-refractivity contribution >= 4 is 33.2 Å². The molecule has 0 saturated carbocycles. The summed E-state index contributed by atoms with van der Waals surface area (Å²) in [6, 6.07) is 10.6. The standard InChI is InChI=1S/C21H23N3O6S/c1-13-20(25)24-18-11-15(6-9-19(18)30-13)23-21(26)14-4-7-17(8-5-14)31(27,28)22-12-16-3-2-10-29-16/h4-9,11,13,16,22H,2-3,10,12H2,1H3,(H,23,26)(H,24,25)/t13-,16-/m1/s1. The van der Waals surface area contributed by atoms with Gasteiger partial charge in [-0.1, -0.05) is 0 Å². The molecule has 2 atom stereocenters. The van der Waals surface area contributed by atoms with Gasteiger partial charge in [-0.2, -0.15) is 0 Å². The first-order chi connectivity index (χ1) is 14.8. The van der Waals surface area contributed by atoms with Crippen molar-refractivity contribution in [3.8, 4) is 5.75 Å². The number of amides is 2. The molecule has 2 aromatic carbocycles. The molecule has 3 N–H and O–H groups in total. The summed E-state index contributed by atoms with van der Waals surface area (Å²) in [5, 5.41) is 5.45. The number of ether oxygens (including phenoxy) is 2. The van der Waals surface area contributed by atoms with Crippen LogP contribution in [0.5, 0.6) is 5.75 Å². The molecule has 2 heterocycles. The summed E-state index contributed by atoms with van der Waals surface area (Å²) in [6.07, 6.45) is 1.08. The average Bonchev–Trinajstić information content (AvgIpc) is 3.27. The SMILES string of the molecule is C[C@H]1Oc2ccc(NC(=O)c3ccc(S(=O)(=O)NC[C@H]4CCCO4)cc3)cc2NC1=O. The fraction of sp³-hybridized carbons (Fsp3) is 0.333. The van der Waals surface area contributed by atoms with E-state index < -0.39 is 22.0 Å². The van der Waals surface area contributed by atoms with Crippen molar-refractivity contribution in [2.24, 2.45) is 0 Å². The zero-order valence-electron chi connectivity index (χ0n) is 16.9. The zero-order valence-corrected chi connectivity index (χ0v) is 17.7. The predicted octanol–water partition coefficient (Wildman–Crippen LogP) is 2.12. The number of hydrogen-bond acceptors (Lipinski definition) is 6. The van der Waals surface area contributed by atoms with Gasteiger partial charge in [0, 0.05) is 24.4 Å². The summed E-state index contributed by atoms with van der Waals surface area (Å²) in [7, 11) is -3.68. The minimum atomic E-state index is -3.68. The Balaban J connectivity index is 1.40. The second-order valence-electron chi connectivity index (χ2n) is 7.43. The highest BCUT2D eigenvalue weighted by molar-refractivity contribution is 7.89. The van der Waals surface area contributed by atoms with Gasteiger partial charge in [0.25, 0.3) is 11.8 Å². The Bertz CT molecular complexity index is 1090. The van der Waals surface area contributed by atoms with Crippen molar-refractivity contribution in [3.05, 3.63) is 48.0 Å². The lowest BCUT2D eigenvalue weighted by Crippen LogP contribution is -2.34. The average molecular weight is 445 g/mol. The fourth-order valence-electron chi connectivity index (χ4n) is 3.37. The van der Waals surface area contributed by atoms with Gasteiger partial charge >= 0.3 is 0 Å². The number of anilines is 2. The van der Waals surface area contributed by atoms with Crippen LogP contribution in [0.4, 0.5) is 11.4 Å². The van der Waals surface area contributed by atoms with Crippen molar-refractivity contribution in [2.45, 2.75) is 36.9 Å². The summed E-state index contributed by atoms with van der Waals surface area (Å²) < 4.78 is 38.3. The molecular formula is C21H23N3O6S. The van der Waals surface area contributed by atoms with Crippen LogP contribution in [0.25, 0.3) is 0 Å². The van der Waals surface area contributed by atoms with Crippen LogP contribution in [-0.2, 0) is 19.6 Å². The summed E-state index contributed by atoms with van der Waals surface area (Å²) in [5.41, 5.74) is 1.24. The van der Waals surface area contributed by atoms with Crippen LogP contribution in [0.15, 0.2) is 47.4 Å². The Labute approximate surface area is 180 Å². The molecule has 0 radical (unpaired) electrons. The van der Waals surface area contributed by atoms with E-state index in [0.717, 1.165) is 12.8 Å². The highest BCUT2D eigenvalue weighted by Gasteiger charge is 2.24. The number of rotatable bonds is 6. The quantitative estimate of drug-likeness (QED) is 0.626. The van der Waals surface area contributed by atoms with Gasteiger partial charge in [-0.25, -0.2) is 13.1 Å². The number of carbonyl (C=O) groups is 2. The van der Waals surface area contributed by atoms with Crippen molar-refractivity contribution in [1.82, 2.24) is 4.72 Å². The van der Waals surface area contributed by atoms with E-state index in [9.17, 15) is 18.0 Å². The second-order valence-corrected chi connectivity index (χ2v) is 9.19. The highest BCUT2D eigenvalue weighted by atomic mass is 32.2. The smallest absolute Gasteiger partial charge is 0.265 e. The first-order valence-corrected chi connectivity index (χ1v) is 11.4. The van der Waals surface area contributed by atoms with E-state index in [1.165, 1.54) is 24.3 Å². The molecule has 2 aromatic rings. The molecule has 0 aromatic heterocycles. The van der Waals surface area contributed by atoms with Gasteiger partial charge in [0.2, 0.25) is 10.0 Å². The maximum Gasteiger partial charge on any atom is 0.265 e. The number of fused-ring (bicyclic) bond motifs is 1. The van der Waals surface area contributed by atoms with E-state index in [0.29, 0.717) is 29.3 Å². The molecule has 2 aliphatic heterocycles. The highest BCUT2D eigenvalue weighted by Crippen LogP contribution is 2.32. The van der Waals surface area contributed by atoms with Crippen LogP contribution < -0.4 is 20.1 Å². The second kappa shape index (κ2) is 8.66. The van der Waals surface area contributed by atoms with Crippen molar-refractivity contribution in [2.75, 3.05) is 23.8 Å². The maximum absolute atomic E-state index is 12.5. The van der Waals surface area contributed by atoms with E-state index in [4.69, 9.17) is 9.47 Å². The summed E-state index contributed by atoms with van der Waals surface area (Å²) in [4.78, 5) is 24.4. The Hall–Kier alpha value is -2.95. The minimum absolute atomic E-state index is 0.0739. The Morgan fingerprint density at radius 3 is 2.68 bits per heavy atom. The van der Waals surface area contributed by atoms with Gasteiger partial charge in [0.05, 0.1) is 16.7 Å². The van der Waals surface area contributed by atoms with Crippen molar-refractivity contribution in [3.63, 3.8) is 0 Å². The van der Waals surface area contributed by atoms with E-state index in [2.05, 4.69) is 15.4 Å². The molecule has 1 fully saturated rings. The Morgan fingerprint density at radius 2 is 1.97 bits per heavy atom.